The highest BCUT2D eigenvalue weighted by Gasteiger charge is 2.49. The van der Waals surface area contributed by atoms with Gasteiger partial charge < -0.3 is 9.84 Å². The fraction of sp³-hybridized carbons (Fsp3) is 0.929. The van der Waals surface area contributed by atoms with Gasteiger partial charge in [-0.15, -0.1) is 0 Å². The third kappa shape index (κ3) is 4.36. The topological polar surface area (TPSA) is 46.5 Å². The van der Waals surface area contributed by atoms with Crippen molar-refractivity contribution >= 4 is 5.97 Å². The van der Waals surface area contributed by atoms with E-state index in [1.54, 1.807) is 20.8 Å². The van der Waals surface area contributed by atoms with Gasteiger partial charge in [0.1, 0.15) is 5.60 Å². The van der Waals surface area contributed by atoms with Crippen LogP contribution < -0.4 is 0 Å². The Balaban J connectivity index is 2.66. The third-order valence-electron chi connectivity index (χ3n) is 3.88. The van der Waals surface area contributed by atoms with Crippen LogP contribution in [0.3, 0.4) is 0 Å². The molecule has 0 aliphatic heterocycles. The molecule has 6 heteroatoms. The van der Waals surface area contributed by atoms with Gasteiger partial charge in [-0.3, -0.25) is 4.79 Å². The highest BCUT2D eigenvalue weighted by molar-refractivity contribution is 5.73. The van der Waals surface area contributed by atoms with Crippen molar-refractivity contribution in [2.45, 2.75) is 70.8 Å². The maximum atomic E-state index is 12.6. The SMILES string of the molecule is CC(C(=O)OC(C)(C)C)C1(O)CCC(C(F)(F)F)CC1. The van der Waals surface area contributed by atoms with E-state index in [0.29, 0.717) is 0 Å². The Bertz CT molecular complexity index is 350. The van der Waals surface area contributed by atoms with E-state index in [0.717, 1.165) is 0 Å². The zero-order valence-electron chi connectivity index (χ0n) is 12.4. The molecule has 20 heavy (non-hydrogen) atoms. The van der Waals surface area contributed by atoms with Gasteiger partial charge in [0.05, 0.1) is 17.4 Å². The first-order valence-corrected chi connectivity index (χ1v) is 6.87. The summed E-state index contributed by atoms with van der Waals surface area (Å²) in [6, 6.07) is 0. The largest absolute Gasteiger partial charge is 0.460 e. The predicted octanol–water partition coefficient (Wildman–Crippen LogP) is 3.45. The Morgan fingerprint density at radius 1 is 1.25 bits per heavy atom. The lowest BCUT2D eigenvalue weighted by Crippen LogP contribution is -2.47. The highest BCUT2D eigenvalue weighted by Crippen LogP contribution is 2.44. The molecule has 118 valence electrons. The van der Waals surface area contributed by atoms with Crippen LogP contribution in [0.25, 0.3) is 0 Å². The normalized spacial score (nSPS) is 29.9. The number of aliphatic hydroxyl groups is 1. The second-order valence-corrected chi connectivity index (χ2v) is 6.67. The summed E-state index contributed by atoms with van der Waals surface area (Å²) in [5.41, 5.74) is -2.07. The van der Waals surface area contributed by atoms with E-state index >= 15 is 0 Å². The average Bonchev–Trinajstić information content (AvgIpc) is 2.25. The van der Waals surface area contributed by atoms with Crippen LogP contribution in [0.2, 0.25) is 0 Å². The molecule has 0 aromatic heterocycles. The van der Waals surface area contributed by atoms with Gasteiger partial charge >= 0.3 is 12.1 Å². The second-order valence-electron chi connectivity index (χ2n) is 6.67. The quantitative estimate of drug-likeness (QED) is 0.794. The van der Waals surface area contributed by atoms with Crippen LogP contribution in [-0.2, 0) is 9.53 Å². The van der Waals surface area contributed by atoms with Crippen LogP contribution in [0.1, 0.15) is 53.4 Å². The molecule has 0 heterocycles. The number of esters is 1. The summed E-state index contributed by atoms with van der Waals surface area (Å²) in [5, 5.41) is 10.4. The molecule has 1 aliphatic carbocycles. The van der Waals surface area contributed by atoms with Crippen LogP contribution in [0.5, 0.6) is 0 Å². The van der Waals surface area contributed by atoms with E-state index in [4.69, 9.17) is 4.74 Å². The second kappa shape index (κ2) is 5.54. The van der Waals surface area contributed by atoms with Crippen molar-refractivity contribution in [1.29, 1.82) is 0 Å². The monoisotopic (exact) mass is 296 g/mol. The molecule has 0 saturated heterocycles. The molecule has 1 aliphatic rings. The van der Waals surface area contributed by atoms with E-state index in [2.05, 4.69) is 0 Å². The molecule has 1 atom stereocenters. The molecule has 0 spiro atoms. The Labute approximate surface area is 117 Å². The van der Waals surface area contributed by atoms with Crippen LogP contribution >= 0.6 is 0 Å². The first-order chi connectivity index (χ1) is 8.85. The highest BCUT2D eigenvalue weighted by atomic mass is 19.4. The molecule has 1 fully saturated rings. The number of halogens is 3. The smallest absolute Gasteiger partial charge is 0.391 e. The van der Waals surface area contributed by atoms with Crippen LogP contribution in [0.4, 0.5) is 13.2 Å². The maximum Gasteiger partial charge on any atom is 0.391 e. The number of ether oxygens (including phenoxy) is 1. The van der Waals surface area contributed by atoms with Crippen molar-refractivity contribution in [1.82, 2.24) is 0 Å². The first kappa shape index (κ1) is 17.3. The number of alkyl halides is 3. The van der Waals surface area contributed by atoms with Gasteiger partial charge in [0.2, 0.25) is 0 Å². The minimum atomic E-state index is -4.23. The van der Waals surface area contributed by atoms with E-state index in [1.165, 1.54) is 6.92 Å². The van der Waals surface area contributed by atoms with Crippen molar-refractivity contribution in [3.8, 4) is 0 Å². The van der Waals surface area contributed by atoms with Crippen molar-refractivity contribution < 1.29 is 27.8 Å². The van der Waals surface area contributed by atoms with Crippen LogP contribution in [0, 0.1) is 11.8 Å². The van der Waals surface area contributed by atoms with Gasteiger partial charge in [0.15, 0.2) is 0 Å². The summed E-state index contributed by atoms with van der Waals surface area (Å²) in [6.07, 6.45) is -4.58. The summed E-state index contributed by atoms with van der Waals surface area (Å²) in [5.74, 6) is -2.77. The lowest BCUT2D eigenvalue weighted by molar-refractivity contribution is -0.199. The molecule has 0 aromatic carbocycles. The zero-order valence-corrected chi connectivity index (χ0v) is 12.4. The number of hydrogen-bond acceptors (Lipinski definition) is 3. The molecule has 1 saturated carbocycles. The minimum Gasteiger partial charge on any atom is -0.460 e. The number of rotatable bonds is 2. The first-order valence-electron chi connectivity index (χ1n) is 6.87. The fourth-order valence-corrected chi connectivity index (χ4v) is 2.49. The van der Waals surface area contributed by atoms with Crippen molar-refractivity contribution in [3.63, 3.8) is 0 Å². The molecular formula is C14H23F3O3. The maximum absolute atomic E-state index is 12.6. The predicted molar refractivity (Wildman–Crippen MR) is 68.0 cm³/mol. The Kier molecular flexibility index (Phi) is 4.79. The molecule has 0 amide bonds. The van der Waals surface area contributed by atoms with Crippen LogP contribution in [0.15, 0.2) is 0 Å². The minimum absolute atomic E-state index is 0.0302. The number of carbonyl (C=O) groups is 1. The lowest BCUT2D eigenvalue weighted by Gasteiger charge is -2.40. The standard InChI is InChI=1S/C14H23F3O3/c1-9(11(18)20-12(2,3)4)13(19)7-5-10(6-8-13)14(15,16)17/h9-10,19H,5-8H2,1-4H3. The molecule has 0 bridgehead atoms. The fourth-order valence-electron chi connectivity index (χ4n) is 2.49. The Morgan fingerprint density at radius 2 is 1.70 bits per heavy atom. The molecule has 1 N–H and O–H groups in total. The van der Waals surface area contributed by atoms with E-state index in [1.807, 2.05) is 0 Å². The number of carbonyl (C=O) groups excluding carboxylic acids is 1. The molecule has 1 rings (SSSR count). The van der Waals surface area contributed by atoms with E-state index in [9.17, 15) is 23.1 Å². The van der Waals surface area contributed by atoms with Gasteiger partial charge in [0, 0.05) is 0 Å². The zero-order chi connectivity index (χ0) is 15.8. The van der Waals surface area contributed by atoms with Crippen LogP contribution in [-0.4, -0.2) is 28.5 Å². The summed E-state index contributed by atoms with van der Waals surface area (Å²) in [6.45, 7) is 6.65. The summed E-state index contributed by atoms with van der Waals surface area (Å²) < 4.78 is 43.0. The summed E-state index contributed by atoms with van der Waals surface area (Å²) in [4.78, 5) is 11.9. The van der Waals surface area contributed by atoms with E-state index in [-0.39, 0.29) is 25.7 Å². The Hall–Kier alpha value is -0.780. The molecule has 1 unspecified atom stereocenters. The molecular weight excluding hydrogens is 273 g/mol. The summed E-state index contributed by atoms with van der Waals surface area (Å²) in [7, 11) is 0. The van der Waals surface area contributed by atoms with Gasteiger partial charge in [-0.2, -0.15) is 13.2 Å². The lowest BCUT2D eigenvalue weighted by atomic mass is 9.72. The van der Waals surface area contributed by atoms with Gasteiger partial charge in [-0.05, 0) is 53.4 Å². The average molecular weight is 296 g/mol. The van der Waals surface area contributed by atoms with Gasteiger partial charge in [-0.25, -0.2) is 0 Å². The number of hydrogen-bond donors (Lipinski definition) is 1. The van der Waals surface area contributed by atoms with Crippen molar-refractivity contribution in [3.05, 3.63) is 0 Å². The van der Waals surface area contributed by atoms with Gasteiger partial charge in [0.25, 0.3) is 0 Å². The molecule has 0 aromatic rings. The third-order valence-corrected chi connectivity index (χ3v) is 3.88. The summed E-state index contributed by atoms with van der Waals surface area (Å²) >= 11 is 0. The molecule has 3 nitrogen and oxygen atoms in total. The van der Waals surface area contributed by atoms with Crippen molar-refractivity contribution in [2.24, 2.45) is 11.8 Å². The Morgan fingerprint density at radius 3 is 2.05 bits per heavy atom. The van der Waals surface area contributed by atoms with Gasteiger partial charge in [-0.1, -0.05) is 0 Å². The van der Waals surface area contributed by atoms with Crippen molar-refractivity contribution in [2.75, 3.05) is 0 Å². The van der Waals surface area contributed by atoms with E-state index < -0.39 is 35.2 Å². The molecule has 0 radical (unpaired) electrons.